The third kappa shape index (κ3) is 8.32. The maximum atomic E-state index is 11.8. The second-order valence-electron chi connectivity index (χ2n) is 7.36. The lowest BCUT2D eigenvalue weighted by molar-refractivity contribution is -0.149. The van der Waals surface area contributed by atoms with Gasteiger partial charge in [0, 0.05) is 12.2 Å². The first kappa shape index (κ1) is 19.7. The fourth-order valence-corrected chi connectivity index (χ4v) is 1.80. The molecule has 0 saturated heterocycles. The standard InChI is InChI=1S/C20H26O4/c1-19(2,3)23-17(21)13-11-15-9-7-8-10-16(15)12-14-18(22)24-20(4,5)6/h7-14H,1-6H3. The van der Waals surface area contributed by atoms with Crippen molar-refractivity contribution in [2.75, 3.05) is 0 Å². The van der Waals surface area contributed by atoms with Crippen LogP contribution in [0.1, 0.15) is 52.7 Å². The summed E-state index contributed by atoms with van der Waals surface area (Å²) in [5.74, 6) is -0.818. The fraction of sp³-hybridized carbons (Fsp3) is 0.400. The Labute approximate surface area is 144 Å². The summed E-state index contributed by atoms with van der Waals surface area (Å²) in [6.45, 7) is 10.9. The molecule has 0 amide bonds. The Morgan fingerprint density at radius 1 is 0.750 bits per heavy atom. The summed E-state index contributed by atoms with van der Waals surface area (Å²) in [5.41, 5.74) is 0.557. The van der Waals surface area contributed by atoms with Gasteiger partial charge in [0.2, 0.25) is 0 Å². The van der Waals surface area contributed by atoms with E-state index in [1.54, 1.807) is 12.2 Å². The van der Waals surface area contributed by atoms with E-state index in [1.165, 1.54) is 12.2 Å². The van der Waals surface area contributed by atoms with Gasteiger partial charge in [-0.15, -0.1) is 0 Å². The lowest BCUT2D eigenvalue weighted by Gasteiger charge is -2.18. The van der Waals surface area contributed by atoms with Crippen molar-refractivity contribution < 1.29 is 19.1 Å². The maximum absolute atomic E-state index is 11.8. The number of rotatable bonds is 4. The lowest BCUT2D eigenvalue weighted by atomic mass is 10.1. The van der Waals surface area contributed by atoms with Gasteiger partial charge >= 0.3 is 11.9 Å². The Kier molecular flexibility index (Phi) is 6.52. The molecule has 0 aliphatic rings. The van der Waals surface area contributed by atoms with E-state index >= 15 is 0 Å². The largest absolute Gasteiger partial charge is 0.457 e. The Hall–Kier alpha value is -2.36. The van der Waals surface area contributed by atoms with Crippen molar-refractivity contribution in [2.45, 2.75) is 52.7 Å². The van der Waals surface area contributed by atoms with Crippen molar-refractivity contribution in [1.29, 1.82) is 0 Å². The van der Waals surface area contributed by atoms with Crippen molar-refractivity contribution in [3.8, 4) is 0 Å². The fourth-order valence-electron chi connectivity index (χ4n) is 1.80. The summed E-state index contributed by atoms with van der Waals surface area (Å²) in [6, 6.07) is 7.43. The lowest BCUT2D eigenvalue weighted by Crippen LogP contribution is -2.22. The minimum atomic E-state index is -0.530. The molecule has 0 saturated carbocycles. The quantitative estimate of drug-likeness (QED) is 0.606. The third-order valence-corrected chi connectivity index (χ3v) is 2.61. The Bertz CT molecular complexity index is 583. The number of carbonyl (C=O) groups excluding carboxylic acids is 2. The molecular formula is C20H26O4. The van der Waals surface area contributed by atoms with Gasteiger partial charge in [0.25, 0.3) is 0 Å². The second kappa shape index (κ2) is 7.95. The first-order valence-corrected chi connectivity index (χ1v) is 7.87. The topological polar surface area (TPSA) is 52.6 Å². The summed E-state index contributed by atoms with van der Waals surface area (Å²) in [5, 5.41) is 0. The van der Waals surface area contributed by atoms with Crippen LogP contribution in [0, 0.1) is 0 Å². The second-order valence-corrected chi connectivity index (χ2v) is 7.36. The van der Waals surface area contributed by atoms with Gasteiger partial charge in [0.15, 0.2) is 0 Å². The number of benzene rings is 1. The Morgan fingerprint density at radius 2 is 1.08 bits per heavy atom. The average Bonchev–Trinajstić information content (AvgIpc) is 2.40. The van der Waals surface area contributed by atoms with Crippen LogP contribution in [-0.4, -0.2) is 23.1 Å². The van der Waals surface area contributed by atoms with Crippen LogP contribution in [0.4, 0.5) is 0 Å². The molecule has 0 fully saturated rings. The first-order chi connectivity index (χ1) is 11.0. The van der Waals surface area contributed by atoms with Gasteiger partial charge in [-0.25, -0.2) is 9.59 Å². The summed E-state index contributed by atoms with van der Waals surface area (Å²) < 4.78 is 10.5. The van der Waals surface area contributed by atoms with Gasteiger partial charge < -0.3 is 9.47 Å². The van der Waals surface area contributed by atoms with E-state index in [9.17, 15) is 9.59 Å². The molecule has 0 spiro atoms. The monoisotopic (exact) mass is 330 g/mol. The van der Waals surface area contributed by atoms with E-state index in [2.05, 4.69) is 0 Å². The van der Waals surface area contributed by atoms with Crippen LogP contribution in [0.5, 0.6) is 0 Å². The van der Waals surface area contributed by atoms with Gasteiger partial charge in [0.05, 0.1) is 0 Å². The molecular weight excluding hydrogens is 304 g/mol. The van der Waals surface area contributed by atoms with Crippen LogP contribution < -0.4 is 0 Å². The predicted molar refractivity (Wildman–Crippen MR) is 96.2 cm³/mol. The van der Waals surface area contributed by atoms with Gasteiger partial charge in [-0.1, -0.05) is 24.3 Å². The molecule has 0 aliphatic carbocycles. The van der Waals surface area contributed by atoms with Crippen molar-refractivity contribution >= 4 is 24.1 Å². The van der Waals surface area contributed by atoms with E-state index in [0.717, 1.165) is 11.1 Å². The first-order valence-electron chi connectivity index (χ1n) is 7.87. The molecule has 0 atom stereocenters. The average molecular weight is 330 g/mol. The van der Waals surface area contributed by atoms with Gasteiger partial charge in [-0.05, 0) is 64.8 Å². The van der Waals surface area contributed by atoms with E-state index < -0.39 is 23.1 Å². The molecule has 0 bridgehead atoms. The molecule has 0 unspecified atom stereocenters. The summed E-state index contributed by atoms with van der Waals surface area (Å²) in [6.07, 6.45) is 6.10. The Morgan fingerprint density at radius 3 is 1.38 bits per heavy atom. The number of ether oxygens (including phenoxy) is 2. The number of hydrogen-bond donors (Lipinski definition) is 0. The third-order valence-electron chi connectivity index (χ3n) is 2.61. The normalized spacial score (nSPS) is 12.6. The molecule has 1 rings (SSSR count). The highest BCUT2D eigenvalue weighted by molar-refractivity contribution is 5.90. The van der Waals surface area contributed by atoms with E-state index in [4.69, 9.17) is 9.47 Å². The summed E-state index contributed by atoms with van der Waals surface area (Å²) in [4.78, 5) is 23.5. The number of hydrogen-bond acceptors (Lipinski definition) is 4. The molecule has 0 radical (unpaired) electrons. The number of carbonyl (C=O) groups is 2. The molecule has 1 aromatic rings. The SMILES string of the molecule is CC(C)(C)OC(=O)C=Cc1ccccc1C=CC(=O)OC(C)(C)C. The molecule has 4 nitrogen and oxygen atoms in total. The van der Waals surface area contributed by atoms with Crippen LogP contribution in [0.15, 0.2) is 36.4 Å². The summed E-state index contributed by atoms with van der Waals surface area (Å²) >= 11 is 0. The molecule has 0 aliphatic heterocycles. The van der Waals surface area contributed by atoms with Gasteiger partial charge in [0.1, 0.15) is 11.2 Å². The molecule has 24 heavy (non-hydrogen) atoms. The van der Waals surface area contributed by atoms with E-state index in [1.807, 2.05) is 65.8 Å². The smallest absolute Gasteiger partial charge is 0.331 e. The molecule has 130 valence electrons. The molecule has 4 heteroatoms. The van der Waals surface area contributed by atoms with Crippen LogP contribution in [0.25, 0.3) is 12.2 Å². The van der Waals surface area contributed by atoms with Gasteiger partial charge in [-0.2, -0.15) is 0 Å². The van der Waals surface area contributed by atoms with Crippen LogP contribution in [0.3, 0.4) is 0 Å². The highest BCUT2D eigenvalue weighted by Gasteiger charge is 2.15. The van der Waals surface area contributed by atoms with E-state index in [0.29, 0.717) is 0 Å². The molecule has 0 heterocycles. The van der Waals surface area contributed by atoms with Crippen molar-refractivity contribution in [3.63, 3.8) is 0 Å². The zero-order valence-electron chi connectivity index (χ0n) is 15.3. The minimum absolute atomic E-state index is 0.409. The van der Waals surface area contributed by atoms with Crippen molar-refractivity contribution in [1.82, 2.24) is 0 Å². The van der Waals surface area contributed by atoms with Crippen LogP contribution >= 0.6 is 0 Å². The number of esters is 2. The Balaban J connectivity index is 2.85. The maximum Gasteiger partial charge on any atom is 0.331 e. The highest BCUT2D eigenvalue weighted by atomic mass is 16.6. The van der Waals surface area contributed by atoms with Crippen LogP contribution in [0.2, 0.25) is 0 Å². The molecule has 1 aromatic carbocycles. The summed E-state index contributed by atoms with van der Waals surface area (Å²) in [7, 11) is 0. The predicted octanol–water partition coefficient (Wildman–Crippen LogP) is 4.40. The zero-order valence-corrected chi connectivity index (χ0v) is 15.3. The van der Waals surface area contributed by atoms with Crippen LogP contribution in [-0.2, 0) is 19.1 Å². The minimum Gasteiger partial charge on any atom is -0.457 e. The van der Waals surface area contributed by atoms with Crippen molar-refractivity contribution in [2.24, 2.45) is 0 Å². The zero-order chi connectivity index (χ0) is 18.4. The van der Waals surface area contributed by atoms with E-state index in [-0.39, 0.29) is 0 Å². The van der Waals surface area contributed by atoms with Crippen molar-refractivity contribution in [3.05, 3.63) is 47.5 Å². The van der Waals surface area contributed by atoms with Gasteiger partial charge in [-0.3, -0.25) is 0 Å². The molecule has 0 N–H and O–H groups in total. The highest BCUT2D eigenvalue weighted by Crippen LogP contribution is 2.15. The molecule has 0 aromatic heterocycles.